The summed E-state index contributed by atoms with van der Waals surface area (Å²) >= 11 is 1.81. The summed E-state index contributed by atoms with van der Waals surface area (Å²) < 4.78 is 0. The molecule has 0 N–H and O–H groups in total. The molecule has 1 aliphatic rings. The summed E-state index contributed by atoms with van der Waals surface area (Å²) in [7, 11) is 0. The molecule has 1 nitrogen and oxygen atoms in total. The minimum Gasteiger partial charge on any atom is -0.292 e. The first-order valence-corrected chi connectivity index (χ1v) is 7.68. The fraction of sp³-hybridized carbons (Fsp3) is 0.375. The summed E-state index contributed by atoms with van der Waals surface area (Å²) in [6.07, 6.45) is 4.02. The van der Waals surface area contributed by atoms with Gasteiger partial charge in [0.1, 0.15) is 0 Å². The fourth-order valence-electron chi connectivity index (χ4n) is 2.84. The molecule has 0 aliphatic carbocycles. The van der Waals surface area contributed by atoms with Crippen LogP contribution < -0.4 is 0 Å². The lowest BCUT2D eigenvalue weighted by Gasteiger charge is -2.35. The molecule has 1 aromatic carbocycles. The average molecular weight is 257 g/mol. The van der Waals surface area contributed by atoms with Crippen LogP contribution in [-0.4, -0.2) is 11.4 Å². The van der Waals surface area contributed by atoms with Crippen molar-refractivity contribution in [3.63, 3.8) is 0 Å². The van der Waals surface area contributed by atoms with Crippen LogP contribution in [0.15, 0.2) is 47.2 Å². The van der Waals surface area contributed by atoms with E-state index in [0.717, 1.165) is 6.54 Å². The zero-order valence-electron chi connectivity index (χ0n) is 10.6. The van der Waals surface area contributed by atoms with E-state index in [1.807, 2.05) is 11.3 Å². The van der Waals surface area contributed by atoms with Gasteiger partial charge in [-0.15, -0.1) is 0 Å². The Morgan fingerprint density at radius 3 is 2.78 bits per heavy atom. The van der Waals surface area contributed by atoms with Crippen molar-refractivity contribution in [3.8, 4) is 0 Å². The summed E-state index contributed by atoms with van der Waals surface area (Å²) in [6.45, 7) is 2.32. The van der Waals surface area contributed by atoms with Crippen molar-refractivity contribution >= 4 is 11.3 Å². The molecule has 0 saturated carbocycles. The summed E-state index contributed by atoms with van der Waals surface area (Å²) in [5.74, 6) is 0. The molecule has 0 spiro atoms. The van der Waals surface area contributed by atoms with Gasteiger partial charge in [0.2, 0.25) is 0 Å². The van der Waals surface area contributed by atoms with Crippen LogP contribution in [0.25, 0.3) is 0 Å². The maximum atomic E-state index is 2.64. The second kappa shape index (κ2) is 5.68. The molecule has 1 fully saturated rings. The lowest BCUT2D eigenvalue weighted by Crippen LogP contribution is -2.32. The molecule has 94 valence electrons. The minimum atomic E-state index is 0.630. The van der Waals surface area contributed by atoms with Gasteiger partial charge in [-0.1, -0.05) is 36.8 Å². The molecule has 2 aromatic rings. The smallest absolute Gasteiger partial charge is 0.0359 e. The van der Waals surface area contributed by atoms with Crippen LogP contribution in [-0.2, 0) is 6.54 Å². The Bertz CT molecular complexity index is 463. The maximum Gasteiger partial charge on any atom is 0.0359 e. The van der Waals surface area contributed by atoms with E-state index in [2.05, 4.69) is 52.1 Å². The van der Waals surface area contributed by atoms with E-state index in [1.165, 1.54) is 36.9 Å². The second-order valence-corrected chi connectivity index (χ2v) is 5.80. The van der Waals surface area contributed by atoms with Gasteiger partial charge in [0.15, 0.2) is 0 Å². The SMILES string of the molecule is c1ccc(CN2CCCCC2c2ccsc2)cc1. The molecule has 18 heavy (non-hydrogen) atoms. The van der Waals surface area contributed by atoms with Gasteiger partial charge in [-0.25, -0.2) is 0 Å². The highest BCUT2D eigenvalue weighted by Gasteiger charge is 2.23. The molecular formula is C16H19NS. The molecule has 2 heterocycles. The van der Waals surface area contributed by atoms with Gasteiger partial charge in [0, 0.05) is 12.6 Å². The summed E-state index contributed by atoms with van der Waals surface area (Å²) in [5.41, 5.74) is 2.94. The van der Waals surface area contributed by atoms with Crippen molar-refractivity contribution in [1.29, 1.82) is 0 Å². The van der Waals surface area contributed by atoms with Crippen LogP contribution in [0.4, 0.5) is 0 Å². The third-order valence-electron chi connectivity index (χ3n) is 3.77. The lowest BCUT2D eigenvalue weighted by molar-refractivity contribution is 0.141. The van der Waals surface area contributed by atoms with Crippen LogP contribution in [0.5, 0.6) is 0 Å². The van der Waals surface area contributed by atoms with Crippen molar-refractivity contribution in [3.05, 3.63) is 58.3 Å². The van der Waals surface area contributed by atoms with Crippen LogP contribution in [0.2, 0.25) is 0 Å². The van der Waals surface area contributed by atoms with Crippen LogP contribution in [0.1, 0.15) is 36.4 Å². The monoisotopic (exact) mass is 257 g/mol. The fourth-order valence-corrected chi connectivity index (χ4v) is 3.55. The summed E-state index contributed by atoms with van der Waals surface area (Å²) in [4.78, 5) is 2.64. The molecule has 2 heteroatoms. The van der Waals surface area contributed by atoms with E-state index >= 15 is 0 Å². The number of nitrogens with zero attached hydrogens (tertiary/aromatic N) is 1. The predicted octanol–water partition coefficient (Wildman–Crippen LogP) is 4.48. The van der Waals surface area contributed by atoms with Gasteiger partial charge in [-0.3, -0.25) is 4.90 Å². The molecule has 1 unspecified atom stereocenters. The number of hydrogen-bond donors (Lipinski definition) is 0. The van der Waals surface area contributed by atoms with E-state index in [0.29, 0.717) is 6.04 Å². The Morgan fingerprint density at radius 1 is 1.11 bits per heavy atom. The van der Waals surface area contributed by atoms with Gasteiger partial charge < -0.3 is 0 Å². The molecule has 0 bridgehead atoms. The zero-order valence-corrected chi connectivity index (χ0v) is 11.4. The number of rotatable bonds is 3. The van der Waals surface area contributed by atoms with Crippen molar-refractivity contribution in [2.45, 2.75) is 31.8 Å². The minimum absolute atomic E-state index is 0.630. The highest BCUT2D eigenvalue weighted by molar-refractivity contribution is 7.07. The Morgan fingerprint density at radius 2 is 2.00 bits per heavy atom. The number of benzene rings is 1. The molecule has 1 aromatic heterocycles. The lowest BCUT2D eigenvalue weighted by atomic mass is 9.96. The molecule has 1 atom stereocenters. The molecular weight excluding hydrogens is 238 g/mol. The van der Waals surface area contributed by atoms with Gasteiger partial charge in [0.25, 0.3) is 0 Å². The van der Waals surface area contributed by atoms with E-state index in [4.69, 9.17) is 0 Å². The van der Waals surface area contributed by atoms with E-state index in [9.17, 15) is 0 Å². The third-order valence-corrected chi connectivity index (χ3v) is 4.47. The number of piperidine rings is 1. The van der Waals surface area contributed by atoms with Gasteiger partial charge in [-0.2, -0.15) is 11.3 Å². The molecule has 3 rings (SSSR count). The number of thiophene rings is 1. The van der Waals surface area contributed by atoms with E-state index < -0.39 is 0 Å². The Hall–Kier alpha value is -1.12. The van der Waals surface area contributed by atoms with Crippen LogP contribution in [0, 0.1) is 0 Å². The van der Waals surface area contributed by atoms with Gasteiger partial charge in [0.05, 0.1) is 0 Å². The highest BCUT2D eigenvalue weighted by atomic mass is 32.1. The van der Waals surface area contributed by atoms with Crippen LogP contribution in [0.3, 0.4) is 0 Å². The predicted molar refractivity (Wildman–Crippen MR) is 77.8 cm³/mol. The topological polar surface area (TPSA) is 3.24 Å². The second-order valence-electron chi connectivity index (χ2n) is 5.02. The Balaban J connectivity index is 1.76. The first-order chi connectivity index (χ1) is 8.93. The van der Waals surface area contributed by atoms with Crippen molar-refractivity contribution < 1.29 is 0 Å². The standard InChI is InChI=1S/C16H19NS/c1-2-6-14(7-3-1)12-17-10-5-4-8-16(17)15-9-11-18-13-15/h1-3,6-7,9,11,13,16H,4-5,8,10,12H2. The van der Waals surface area contributed by atoms with Crippen molar-refractivity contribution in [2.24, 2.45) is 0 Å². The van der Waals surface area contributed by atoms with Crippen molar-refractivity contribution in [1.82, 2.24) is 4.90 Å². The Labute approximate surface area is 113 Å². The quantitative estimate of drug-likeness (QED) is 0.784. The highest BCUT2D eigenvalue weighted by Crippen LogP contribution is 2.33. The zero-order chi connectivity index (χ0) is 12.2. The van der Waals surface area contributed by atoms with Crippen molar-refractivity contribution in [2.75, 3.05) is 6.54 Å². The molecule has 1 saturated heterocycles. The summed E-state index contributed by atoms with van der Waals surface area (Å²) in [6, 6.07) is 13.8. The number of likely N-dealkylation sites (tertiary alicyclic amines) is 1. The Kier molecular flexibility index (Phi) is 3.77. The van der Waals surface area contributed by atoms with Gasteiger partial charge in [-0.05, 0) is 47.3 Å². The normalized spacial score (nSPS) is 21.0. The number of hydrogen-bond acceptors (Lipinski definition) is 2. The maximum absolute atomic E-state index is 2.64. The molecule has 1 aliphatic heterocycles. The first kappa shape index (κ1) is 11.9. The summed E-state index contributed by atoms with van der Waals surface area (Å²) in [5, 5.41) is 4.51. The average Bonchev–Trinajstić information content (AvgIpc) is 2.94. The largest absolute Gasteiger partial charge is 0.292 e. The first-order valence-electron chi connectivity index (χ1n) is 6.73. The van der Waals surface area contributed by atoms with Crippen LogP contribution >= 0.6 is 11.3 Å². The third kappa shape index (κ3) is 2.65. The van der Waals surface area contributed by atoms with E-state index in [1.54, 1.807) is 0 Å². The molecule has 0 radical (unpaired) electrons. The molecule has 0 amide bonds. The van der Waals surface area contributed by atoms with Gasteiger partial charge >= 0.3 is 0 Å². The van der Waals surface area contributed by atoms with E-state index in [-0.39, 0.29) is 0 Å².